The zero-order valence-electron chi connectivity index (χ0n) is 12.9. The molecule has 0 saturated heterocycles. The van der Waals surface area contributed by atoms with Crippen molar-refractivity contribution in [3.8, 4) is 0 Å². The normalized spacial score (nSPS) is 12.3. The lowest BCUT2D eigenvalue weighted by molar-refractivity contribution is 0.0934. The van der Waals surface area contributed by atoms with Gasteiger partial charge in [-0.15, -0.1) is 11.3 Å². The minimum atomic E-state index is -0.0262. The second-order valence-electron chi connectivity index (χ2n) is 5.22. The molecule has 0 fully saturated rings. The van der Waals surface area contributed by atoms with E-state index in [1.165, 1.54) is 4.88 Å². The van der Waals surface area contributed by atoms with E-state index in [4.69, 9.17) is 0 Å². The van der Waals surface area contributed by atoms with Crippen molar-refractivity contribution in [1.82, 2.24) is 15.1 Å². The molecular weight excluding hydrogens is 282 g/mol. The number of nitrogens with one attached hydrogen (secondary N) is 1. The maximum atomic E-state index is 12.5. The number of carbonyl (C=O) groups is 1. The molecule has 0 aliphatic carbocycles. The number of nitrogens with zero attached hydrogens (tertiary/aromatic N) is 2. The fourth-order valence-electron chi connectivity index (χ4n) is 2.38. The van der Waals surface area contributed by atoms with Crippen LogP contribution in [0, 0.1) is 6.92 Å². The molecule has 0 aliphatic heterocycles. The van der Waals surface area contributed by atoms with Crippen molar-refractivity contribution in [2.75, 3.05) is 0 Å². The maximum Gasteiger partial charge on any atom is 0.255 e. The highest BCUT2D eigenvalue weighted by Crippen LogP contribution is 2.23. The van der Waals surface area contributed by atoms with Gasteiger partial charge in [0.1, 0.15) is 0 Å². The molecule has 1 N–H and O–H groups in total. The summed E-state index contributed by atoms with van der Waals surface area (Å²) in [5.74, 6) is -0.0262. The van der Waals surface area contributed by atoms with Crippen molar-refractivity contribution < 1.29 is 4.79 Å². The third kappa shape index (κ3) is 3.94. The molecule has 1 atom stereocenters. The zero-order chi connectivity index (χ0) is 15.2. The topological polar surface area (TPSA) is 46.9 Å². The predicted molar refractivity (Wildman–Crippen MR) is 86.7 cm³/mol. The summed E-state index contributed by atoms with van der Waals surface area (Å²) in [5, 5.41) is 9.60. The van der Waals surface area contributed by atoms with Crippen LogP contribution in [0.4, 0.5) is 0 Å². The Morgan fingerprint density at radius 2 is 2.24 bits per heavy atom. The first-order valence-corrected chi connectivity index (χ1v) is 8.42. The van der Waals surface area contributed by atoms with E-state index in [9.17, 15) is 4.79 Å². The highest BCUT2D eigenvalue weighted by molar-refractivity contribution is 7.10. The standard InChI is InChI=1S/C16H23N3OS/c1-4-7-14(15-8-6-10-21-15)17-16(20)13-11-19(9-5-2)18-12(13)3/h6,8,10-11,14H,4-5,7,9H2,1-3H3,(H,17,20). The number of rotatable bonds is 7. The summed E-state index contributed by atoms with van der Waals surface area (Å²) in [5.41, 5.74) is 1.48. The Morgan fingerprint density at radius 1 is 1.43 bits per heavy atom. The molecule has 4 nitrogen and oxygen atoms in total. The van der Waals surface area contributed by atoms with Crippen LogP contribution in [0.25, 0.3) is 0 Å². The van der Waals surface area contributed by atoms with Gasteiger partial charge in [0, 0.05) is 17.6 Å². The van der Waals surface area contributed by atoms with Gasteiger partial charge in [-0.05, 0) is 31.2 Å². The van der Waals surface area contributed by atoms with Crippen LogP contribution in [-0.4, -0.2) is 15.7 Å². The van der Waals surface area contributed by atoms with Crippen molar-refractivity contribution in [2.24, 2.45) is 0 Å². The summed E-state index contributed by atoms with van der Waals surface area (Å²) >= 11 is 1.69. The van der Waals surface area contributed by atoms with Gasteiger partial charge in [-0.3, -0.25) is 9.48 Å². The van der Waals surface area contributed by atoms with E-state index >= 15 is 0 Å². The number of hydrogen-bond donors (Lipinski definition) is 1. The molecular formula is C16H23N3OS. The Hall–Kier alpha value is -1.62. The first kappa shape index (κ1) is 15.8. The van der Waals surface area contributed by atoms with E-state index < -0.39 is 0 Å². The van der Waals surface area contributed by atoms with Crippen LogP contribution in [0.2, 0.25) is 0 Å². The molecule has 1 unspecified atom stereocenters. The fraction of sp³-hybridized carbons (Fsp3) is 0.500. The second-order valence-corrected chi connectivity index (χ2v) is 6.20. The average Bonchev–Trinajstić information content (AvgIpc) is 3.08. The zero-order valence-corrected chi connectivity index (χ0v) is 13.7. The monoisotopic (exact) mass is 305 g/mol. The summed E-state index contributed by atoms with van der Waals surface area (Å²) in [6.07, 6.45) is 4.85. The van der Waals surface area contributed by atoms with Gasteiger partial charge in [0.2, 0.25) is 0 Å². The molecule has 21 heavy (non-hydrogen) atoms. The lowest BCUT2D eigenvalue weighted by Crippen LogP contribution is -2.28. The number of hydrogen-bond acceptors (Lipinski definition) is 3. The molecule has 0 spiro atoms. The average molecular weight is 305 g/mol. The van der Waals surface area contributed by atoms with Gasteiger partial charge in [-0.25, -0.2) is 0 Å². The van der Waals surface area contributed by atoms with Crippen LogP contribution >= 0.6 is 11.3 Å². The van der Waals surface area contributed by atoms with Crippen molar-refractivity contribution in [3.63, 3.8) is 0 Å². The maximum absolute atomic E-state index is 12.5. The third-order valence-electron chi connectivity index (χ3n) is 3.41. The molecule has 0 aromatic carbocycles. The molecule has 2 aromatic rings. The van der Waals surface area contributed by atoms with E-state index in [0.717, 1.165) is 31.5 Å². The number of aromatic nitrogens is 2. The van der Waals surface area contributed by atoms with Crippen LogP contribution in [-0.2, 0) is 6.54 Å². The quantitative estimate of drug-likeness (QED) is 0.842. The number of thiophene rings is 1. The highest BCUT2D eigenvalue weighted by atomic mass is 32.1. The third-order valence-corrected chi connectivity index (χ3v) is 4.40. The van der Waals surface area contributed by atoms with Crippen molar-refractivity contribution in [1.29, 1.82) is 0 Å². The summed E-state index contributed by atoms with van der Waals surface area (Å²) < 4.78 is 1.85. The van der Waals surface area contributed by atoms with Gasteiger partial charge in [0.25, 0.3) is 5.91 Å². The summed E-state index contributed by atoms with van der Waals surface area (Å²) in [6.45, 7) is 6.97. The number of aryl methyl sites for hydroxylation is 2. The molecule has 1 amide bonds. The SMILES string of the molecule is CCCC(NC(=O)c1cn(CCC)nc1C)c1cccs1. The molecule has 5 heteroatoms. The van der Waals surface area contributed by atoms with Crippen molar-refractivity contribution >= 4 is 17.2 Å². The molecule has 0 bridgehead atoms. The first-order chi connectivity index (χ1) is 10.2. The van der Waals surface area contributed by atoms with Crippen LogP contribution in [0.1, 0.15) is 60.1 Å². The molecule has 2 heterocycles. The van der Waals surface area contributed by atoms with Crippen molar-refractivity contribution in [3.05, 3.63) is 39.8 Å². The predicted octanol–water partition coefficient (Wildman–Crippen LogP) is 3.93. The minimum absolute atomic E-state index is 0.0262. The van der Waals surface area contributed by atoms with Gasteiger partial charge in [-0.2, -0.15) is 5.10 Å². The highest BCUT2D eigenvalue weighted by Gasteiger charge is 2.19. The van der Waals surface area contributed by atoms with E-state index in [1.54, 1.807) is 11.3 Å². The molecule has 2 aromatic heterocycles. The Labute approximate surface area is 130 Å². The van der Waals surface area contributed by atoms with Crippen LogP contribution in [0.5, 0.6) is 0 Å². The molecule has 0 saturated carbocycles. The van der Waals surface area contributed by atoms with Crippen LogP contribution < -0.4 is 5.32 Å². The van der Waals surface area contributed by atoms with Crippen LogP contribution in [0.15, 0.2) is 23.7 Å². The van der Waals surface area contributed by atoms with Gasteiger partial charge >= 0.3 is 0 Å². The van der Waals surface area contributed by atoms with E-state index in [-0.39, 0.29) is 11.9 Å². The second kappa shape index (κ2) is 7.41. The molecule has 2 rings (SSSR count). The summed E-state index contributed by atoms with van der Waals surface area (Å²) in [7, 11) is 0. The van der Waals surface area contributed by atoms with E-state index in [1.807, 2.05) is 23.9 Å². The van der Waals surface area contributed by atoms with Crippen LogP contribution in [0.3, 0.4) is 0 Å². The minimum Gasteiger partial charge on any atom is -0.344 e. The van der Waals surface area contributed by atoms with E-state index in [2.05, 4.69) is 35.7 Å². The number of carbonyl (C=O) groups excluding carboxylic acids is 1. The Balaban J connectivity index is 2.11. The molecule has 0 aliphatic rings. The van der Waals surface area contributed by atoms with Gasteiger partial charge in [0.05, 0.1) is 17.3 Å². The number of amides is 1. The smallest absolute Gasteiger partial charge is 0.255 e. The van der Waals surface area contributed by atoms with Gasteiger partial charge in [0.15, 0.2) is 0 Å². The first-order valence-electron chi connectivity index (χ1n) is 7.54. The van der Waals surface area contributed by atoms with E-state index in [0.29, 0.717) is 5.56 Å². The lowest BCUT2D eigenvalue weighted by Gasteiger charge is -2.16. The lowest BCUT2D eigenvalue weighted by atomic mass is 10.1. The summed E-state index contributed by atoms with van der Waals surface area (Å²) in [4.78, 5) is 13.7. The van der Waals surface area contributed by atoms with Gasteiger partial charge in [-0.1, -0.05) is 26.3 Å². The Kier molecular flexibility index (Phi) is 5.56. The molecule has 114 valence electrons. The fourth-order valence-corrected chi connectivity index (χ4v) is 3.20. The molecule has 0 radical (unpaired) electrons. The Morgan fingerprint density at radius 3 is 2.86 bits per heavy atom. The largest absolute Gasteiger partial charge is 0.344 e. The van der Waals surface area contributed by atoms with Crippen molar-refractivity contribution in [2.45, 2.75) is 52.6 Å². The van der Waals surface area contributed by atoms with Gasteiger partial charge < -0.3 is 5.32 Å². The Bertz CT molecular complexity index is 574. The summed E-state index contributed by atoms with van der Waals surface area (Å²) in [6, 6.07) is 4.20.